The zero-order chi connectivity index (χ0) is 11.6. The molecule has 0 unspecified atom stereocenters. The first kappa shape index (κ1) is 13.0. The molecule has 1 aromatic rings. The van der Waals surface area contributed by atoms with Crippen LogP contribution >= 0.6 is 45.2 Å². The van der Waals surface area contributed by atoms with Crippen molar-refractivity contribution in [3.8, 4) is 0 Å². The molecule has 7 heteroatoms. The Bertz CT molecular complexity index is 398. The average molecular weight is 439 g/mol. The largest absolute Gasteiger partial charge is 0.481 e. The van der Waals surface area contributed by atoms with Gasteiger partial charge in [0.05, 0.1) is 12.0 Å². The number of hydrogen-bond acceptors (Lipinski definition) is 2. The SMILES string of the molecule is O=C(O)Cc1c(I)cnc(I)c1C(F)F. The summed E-state index contributed by atoms with van der Waals surface area (Å²) in [6, 6.07) is 0. The molecular formula is C8H5F2I2NO2. The van der Waals surface area contributed by atoms with E-state index < -0.39 is 18.8 Å². The second-order valence-corrected chi connectivity index (χ2v) is 4.84. The summed E-state index contributed by atoms with van der Waals surface area (Å²) in [6.45, 7) is 0. The van der Waals surface area contributed by atoms with Gasteiger partial charge in [0.25, 0.3) is 6.43 Å². The number of nitrogens with zero attached hydrogens (tertiary/aromatic N) is 1. The van der Waals surface area contributed by atoms with Crippen molar-refractivity contribution in [2.75, 3.05) is 0 Å². The first-order chi connectivity index (χ1) is 6.93. The molecule has 3 nitrogen and oxygen atoms in total. The number of halogens is 4. The van der Waals surface area contributed by atoms with Crippen molar-refractivity contribution in [3.63, 3.8) is 0 Å². The van der Waals surface area contributed by atoms with Gasteiger partial charge in [-0.3, -0.25) is 4.79 Å². The van der Waals surface area contributed by atoms with Crippen molar-refractivity contribution >= 4 is 51.2 Å². The first-order valence-corrected chi connectivity index (χ1v) is 5.92. The predicted molar refractivity (Wildman–Crippen MR) is 66.0 cm³/mol. The van der Waals surface area contributed by atoms with Crippen LogP contribution in [0.5, 0.6) is 0 Å². The number of pyridine rings is 1. The van der Waals surface area contributed by atoms with E-state index in [2.05, 4.69) is 4.98 Å². The monoisotopic (exact) mass is 439 g/mol. The van der Waals surface area contributed by atoms with Crippen LogP contribution in [-0.2, 0) is 11.2 Å². The number of hydrogen-bond donors (Lipinski definition) is 1. The third-order valence-corrected chi connectivity index (χ3v) is 3.46. The Hall–Kier alpha value is -0.0600. The van der Waals surface area contributed by atoms with Crippen LogP contribution in [0.1, 0.15) is 17.6 Å². The molecule has 0 bridgehead atoms. The van der Waals surface area contributed by atoms with Crippen LogP contribution in [0, 0.1) is 7.27 Å². The molecule has 0 aliphatic heterocycles. The summed E-state index contributed by atoms with van der Waals surface area (Å²) >= 11 is 3.48. The highest BCUT2D eigenvalue weighted by atomic mass is 127. The van der Waals surface area contributed by atoms with E-state index in [9.17, 15) is 13.6 Å². The zero-order valence-electron chi connectivity index (χ0n) is 7.18. The Labute approximate surface area is 112 Å². The lowest BCUT2D eigenvalue weighted by atomic mass is 10.1. The molecular weight excluding hydrogens is 434 g/mol. The standard InChI is InChI=1S/C8H5F2I2NO2/c9-7(10)6-3(1-5(14)15)4(11)2-13-8(6)12/h2,7H,1H2,(H,14,15). The van der Waals surface area contributed by atoms with Gasteiger partial charge in [-0.15, -0.1) is 0 Å². The van der Waals surface area contributed by atoms with Gasteiger partial charge < -0.3 is 5.11 Å². The molecule has 0 aliphatic rings. The van der Waals surface area contributed by atoms with Crippen molar-refractivity contribution in [1.82, 2.24) is 4.98 Å². The lowest BCUT2D eigenvalue weighted by molar-refractivity contribution is -0.136. The van der Waals surface area contributed by atoms with Gasteiger partial charge in [-0.25, -0.2) is 13.8 Å². The summed E-state index contributed by atoms with van der Waals surface area (Å²) in [4.78, 5) is 14.3. The van der Waals surface area contributed by atoms with Gasteiger partial charge in [0.1, 0.15) is 3.70 Å². The maximum absolute atomic E-state index is 12.7. The van der Waals surface area contributed by atoms with Crippen LogP contribution in [0.3, 0.4) is 0 Å². The fourth-order valence-electron chi connectivity index (χ4n) is 1.07. The topological polar surface area (TPSA) is 50.2 Å². The normalized spacial score (nSPS) is 10.7. The van der Waals surface area contributed by atoms with Crippen molar-refractivity contribution in [1.29, 1.82) is 0 Å². The molecule has 0 aliphatic carbocycles. The van der Waals surface area contributed by atoms with Gasteiger partial charge >= 0.3 is 5.97 Å². The maximum Gasteiger partial charge on any atom is 0.307 e. The fraction of sp³-hybridized carbons (Fsp3) is 0.250. The Morgan fingerprint density at radius 2 is 2.13 bits per heavy atom. The van der Waals surface area contributed by atoms with Gasteiger partial charge in [-0.05, 0) is 50.7 Å². The number of alkyl halides is 2. The quantitative estimate of drug-likeness (QED) is 0.583. The summed E-state index contributed by atoms with van der Waals surface area (Å²) < 4.78 is 26.0. The molecule has 1 rings (SSSR count). The van der Waals surface area contributed by atoms with E-state index in [1.807, 2.05) is 0 Å². The molecule has 0 spiro atoms. The van der Waals surface area contributed by atoms with E-state index in [4.69, 9.17) is 5.11 Å². The highest BCUT2D eigenvalue weighted by molar-refractivity contribution is 14.1. The molecule has 0 radical (unpaired) electrons. The lowest BCUT2D eigenvalue weighted by Gasteiger charge is -2.10. The minimum atomic E-state index is -2.70. The van der Waals surface area contributed by atoms with Crippen molar-refractivity contribution in [2.24, 2.45) is 0 Å². The first-order valence-electron chi connectivity index (χ1n) is 3.76. The summed E-state index contributed by atoms with van der Waals surface area (Å²) in [7, 11) is 0. The highest BCUT2D eigenvalue weighted by Crippen LogP contribution is 2.29. The minimum absolute atomic E-state index is 0.150. The van der Waals surface area contributed by atoms with Gasteiger partial charge in [-0.1, -0.05) is 0 Å². The summed E-state index contributed by atoms with van der Waals surface area (Å²) in [5.74, 6) is -1.13. The van der Waals surface area contributed by atoms with Gasteiger partial charge in [0.15, 0.2) is 0 Å². The Morgan fingerprint density at radius 1 is 1.53 bits per heavy atom. The van der Waals surface area contributed by atoms with Crippen molar-refractivity contribution in [2.45, 2.75) is 12.8 Å². The molecule has 0 saturated heterocycles. The Kier molecular flexibility index (Phi) is 4.62. The van der Waals surface area contributed by atoms with E-state index in [0.717, 1.165) is 0 Å². The Morgan fingerprint density at radius 3 is 2.60 bits per heavy atom. The lowest BCUT2D eigenvalue weighted by Crippen LogP contribution is -2.09. The molecule has 15 heavy (non-hydrogen) atoms. The van der Waals surface area contributed by atoms with Crippen LogP contribution in [0.2, 0.25) is 0 Å². The van der Waals surface area contributed by atoms with E-state index in [1.54, 1.807) is 45.2 Å². The minimum Gasteiger partial charge on any atom is -0.481 e. The van der Waals surface area contributed by atoms with Crippen LogP contribution in [0.25, 0.3) is 0 Å². The van der Waals surface area contributed by atoms with E-state index >= 15 is 0 Å². The number of aromatic nitrogens is 1. The molecule has 0 saturated carbocycles. The number of rotatable bonds is 3. The van der Waals surface area contributed by atoms with Crippen LogP contribution < -0.4 is 0 Å². The molecule has 0 aromatic carbocycles. The summed E-state index contributed by atoms with van der Waals surface area (Å²) in [6.07, 6.45) is -1.71. The number of carboxylic acids is 1. The average Bonchev–Trinajstić information content (AvgIpc) is 2.10. The summed E-state index contributed by atoms with van der Waals surface area (Å²) in [5.41, 5.74) is -0.123. The van der Waals surface area contributed by atoms with Crippen molar-refractivity contribution < 1.29 is 18.7 Å². The van der Waals surface area contributed by atoms with Crippen LogP contribution in [0.15, 0.2) is 6.20 Å². The third-order valence-electron chi connectivity index (χ3n) is 1.67. The van der Waals surface area contributed by atoms with E-state index in [0.29, 0.717) is 3.57 Å². The van der Waals surface area contributed by atoms with Crippen LogP contribution in [0.4, 0.5) is 8.78 Å². The Balaban J connectivity index is 3.31. The fourth-order valence-corrected chi connectivity index (χ4v) is 2.39. The van der Waals surface area contributed by atoms with Crippen LogP contribution in [-0.4, -0.2) is 16.1 Å². The second kappa shape index (κ2) is 5.32. The molecule has 82 valence electrons. The maximum atomic E-state index is 12.7. The number of carboxylic acid groups (broad SMARTS) is 1. The van der Waals surface area contributed by atoms with Gasteiger partial charge in [0.2, 0.25) is 0 Å². The summed E-state index contributed by atoms with van der Waals surface area (Å²) in [5, 5.41) is 8.62. The molecule has 1 heterocycles. The molecule has 0 fully saturated rings. The smallest absolute Gasteiger partial charge is 0.307 e. The number of carbonyl (C=O) groups is 1. The van der Waals surface area contributed by atoms with Crippen molar-refractivity contribution in [3.05, 3.63) is 24.6 Å². The third kappa shape index (κ3) is 3.20. The molecule has 1 N–H and O–H groups in total. The van der Waals surface area contributed by atoms with Gasteiger partial charge in [0, 0.05) is 9.77 Å². The zero-order valence-corrected chi connectivity index (χ0v) is 11.5. The molecule has 0 atom stereocenters. The second-order valence-electron chi connectivity index (χ2n) is 2.66. The highest BCUT2D eigenvalue weighted by Gasteiger charge is 2.21. The predicted octanol–water partition coefficient (Wildman–Crippen LogP) is 2.86. The van der Waals surface area contributed by atoms with E-state index in [1.165, 1.54) is 6.20 Å². The molecule has 1 aromatic heterocycles. The van der Waals surface area contributed by atoms with E-state index in [-0.39, 0.29) is 14.8 Å². The number of aliphatic carboxylic acids is 1. The van der Waals surface area contributed by atoms with Gasteiger partial charge in [-0.2, -0.15) is 0 Å². The molecule has 0 amide bonds.